The van der Waals surface area contributed by atoms with Crippen molar-refractivity contribution in [3.05, 3.63) is 11.4 Å². The van der Waals surface area contributed by atoms with E-state index in [4.69, 9.17) is 5.84 Å². The van der Waals surface area contributed by atoms with E-state index in [9.17, 15) is 5.11 Å². The average molecular weight is 239 g/mol. The first-order chi connectivity index (χ1) is 7.77. The van der Waals surface area contributed by atoms with Crippen molar-refractivity contribution in [1.29, 1.82) is 0 Å². The minimum atomic E-state index is -0.508. The molecule has 1 aromatic rings. The molecular weight excluding hydrogens is 218 g/mol. The molecule has 1 heterocycles. The van der Waals surface area contributed by atoms with Crippen LogP contribution in [0.3, 0.4) is 0 Å². The number of nitrogens with one attached hydrogen (secondary N) is 2. The Labute approximate surface area is 102 Å². The largest absolute Gasteiger partial charge is 0.391 e. The van der Waals surface area contributed by atoms with Crippen LogP contribution in [0.5, 0.6) is 0 Å². The van der Waals surface area contributed by atoms with E-state index < -0.39 is 11.6 Å². The molecule has 1 unspecified atom stereocenters. The minimum Gasteiger partial charge on any atom is -0.391 e. The number of nitrogen functional groups attached to an aromatic ring is 1. The maximum Gasteiger partial charge on any atom is 0.148 e. The van der Waals surface area contributed by atoms with E-state index >= 15 is 0 Å². The lowest BCUT2D eigenvalue weighted by atomic mass is 9.98. The average Bonchev–Trinajstić information content (AvgIpc) is 2.22. The molecular formula is C11H21N5O. The van der Waals surface area contributed by atoms with Crippen LogP contribution < -0.4 is 16.6 Å². The Bertz CT molecular complexity index is 403. The van der Waals surface area contributed by atoms with Crippen molar-refractivity contribution in [3.63, 3.8) is 0 Å². The highest BCUT2D eigenvalue weighted by Crippen LogP contribution is 2.23. The van der Waals surface area contributed by atoms with Crippen LogP contribution in [0.1, 0.15) is 32.2 Å². The van der Waals surface area contributed by atoms with Crippen molar-refractivity contribution >= 4 is 11.6 Å². The number of nitrogens with zero attached hydrogens (tertiary/aromatic N) is 2. The van der Waals surface area contributed by atoms with Crippen molar-refractivity contribution in [2.75, 3.05) is 10.7 Å². The summed E-state index contributed by atoms with van der Waals surface area (Å²) in [5.74, 6) is 7.27. The molecule has 1 aromatic heterocycles. The van der Waals surface area contributed by atoms with Gasteiger partial charge < -0.3 is 15.8 Å². The third kappa shape index (κ3) is 3.04. The van der Waals surface area contributed by atoms with Crippen molar-refractivity contribution < 1.29 is 5.11 Å². The van der Waals surface area contributed by atoms with E-state index in [1.165, 1.54) is 0 Å². The second-order valence-corrected chi connectivity index (χ2v) is 4.76. The number of aliphatic hydroxyl groups is 1. The Morgan fingerprint density at radius 3 is 2.24 bits per heavy atom. The van der Waals surface area contributed by atoms with E-state index in [1.807, 2.05) is 20.8 Å². The van der Waals surface area contributed by atoms with Crippen molar-refractivity contribution in [2.45, 2.75) is 46.3 Å². The summed E-state index contributed by atoms with van der Waals surface area (Å²) in [6, 6.07) is 0. The molecule has 0 aliphatic rings. The van der Waals surface area contributed by atoms with Crippen LogP contribution in [-0.4, -0.2) is 26.7 Å². The van der Waals surface area contributed by atoms with Gasteiger partial charge in [-0.3, -0.25) is 0 Å². The predicted octanol–water partition coefficient (Wildman–Crippen LogP) is 0.950. The van der Waals surface area contributed by atoms with Gasteiger partial charge in [0.05, 0.1) is 11.6 Å². The molecule has 0 aliphatic carbocycles. The summed E-state index contributed by atoms with van der Waals surface area (Å²) < 4.78 is 0. The highest BCUT2D eigenvalue weighted by Gasteiger charge is 2.25. The topological polar surface area (TPSA) is 96.1 Å². The van der Waals surface area contributed by atoms with E-state index in [1.54, 1.807) is 13.8 Å². The quantitative estimate of drug-likeness (QED) is 0.461. The van der Waals surface area contributed by atoms with Crippen molar-refractivity contribution in [3.8, 4) is 0 Å². The molecule has 0 aromatic carbocycles. The summed E-state index contributed by atoms with van der Waals surface area (Å²) in [4.78, 5) is 8.50. The molecule has 0 aliphatic heterocycles. The first kappa shape index (κ1) is 13.7. The summed E-state index contributed by atoms with van der Waals surface area (Å²) in [6.45, 7) is 9.21. The molecule has 0 saturated carbocycles. The normalized spacial score (nSPS) is 13.4. The van der Waals surface area contributed by atoms with Crippen LogP contribution in [-0.2, 0) is 0 Å². The molecule has 0 amide bonds. The summed E-state index contributed by atoms with van der Waals surface area (Å²) in [5.41, 5.74) is 2.89. The number of hydrogen-bond acceptors (Lipinski definition) is 6. The summed E-state index contributed by atoms with van der Waals surface area (Å²) >= 11 is 0. The molecule has 0 saturated heterocycles. The standard InChI is InChI=1S/C11H21N5O/c1-6-9(15-11(4,5)7(2)17)13-8(3)14-10(6)16-12/h7,17H,12H2,1-5H3,(H2,13,14,15,16). The van der Waals surface area contributed by atoms with E-state index in [0.717, 1.165) is 5.56 Å². The molecule has 0 spiro atoms. The smallest absolute Gasteiger partial charge is 0.148 e. The molecule has 6 heteroatoms. The zero-order chi connectivity index (χ0) is 13.2. The minimum absolute atomic E-state index is 0.475. The lowest BCUT2D eigenvalue weighted by molar-refractivity contribution is 0.133. The van der Waals surface area contributed by atoms with Crippen LogP contribution in [0.2, 0.25) is 0 Å². The van der Waals surface area contributed by atoms with Gasteiger partial charge in [-0.25, -0.2) is 15.8 Å². The lowest BCUT2D eigenvalue weighted by Crippen LogP contribution is -2.42. The molecule has 96 valence electrons. The van der Waals surface area contributed by atoms with Gasteiger partial charge in [0.2, 0.25) is 0 Å². The van der Waals surface area contributed by atoms with Crippen LogP contribution in [0.4, 0.5) is 11.6 Å². The van der Waals surface area contributed by atoms with E-state index in [2.05, 4.69) is 20.7 Å². The van der Waals surface area contributed by atoms with Crippen molar-refractivity contribution in [2.24, 2.45) is 5.84 Å². The number of aryl methyl sites for hydroxylation is 1. The highest BCUT2D eigenvalue weighted by atomic mass is 16.3. The molecule has 6 nitrogen and oxygen atoms in total. The zero-order valence-electron chi connectivity index (χ0n) is 11.0. The monoisotopic (exact) mass is 239 g/mol. The van der Waals surface area contributed by atoms with Crippen LogP contribution in [0, 0.1) is 13.8 Å². The maximum atomic E-state index is 9.68. The van der Waals surface area contributed by atoms with Crippen LogP contribution in [0.25, 0.3) is 0 Å². The molecule has 1 atom stereocenters. The fourth-order valence-corrected chi connectivity index (χ4v) is 1.30. The molecule has 1 rings (SSSR count). The number of rotatable bonds is 4. The molecule has 0 fully saturated rings. The molecule has 5 N–H and O–H groups in total. The fraction of sp³-hybridized carbons (Fsp3) is 0.636. The first-order valence-corrected chi connectivity index (χ1v) is 5.56. The lowest BCUT2D eigenvalue weighted by Gasteiger charge is -2.30. The fourth-order valence-electron chi connectivity index (χ4n) is 1.30. The Balaban J connectivity index is 3.11. The van der Waals surface area contributed by atoms with E-state index in [-0.39, 0.29) is 0 Å². The number of anilines is 2. The van der Waals surface area contributed by atoms with Crippen LogP contribution in [0.15, 0.2) is 0 Å². The third-order valence-corrected chi connectivity index (χ3v) is 2.88. The number of hydrazine groups is 1. The zero-order valence-corrected chi connectivity index (χ0v) is 11.0. The summed E-state index contributed by atoms with van der Waals surface area (Å²) in [6.07, 6.45) is -0.508. The predicted molar refractivity (Wildman–Crippen MR) is 68.7 cm³/mol. The van der Waals surface area contributed by atoms with Gasteiger partial charge in [-0.05, 0) is 34.6 Å². The molecule has 0 bridgehead atoms. The number of hydrogen-bond donors (Lipinski definition) is 4. The van der Waals surface area contributed by atoms with Gasteiger partial charge in [0.25, 0.3) is 0 Å². The van der Waals surface area contributed by atoms with Gasteiger partial charge in [-0.1, -0.05) is 0 Å². The van der Waals surface area contributed by atoms with Gasteiger partial charge in [0.1, 0.15) is 17.5 Å². The highest BCUT2D eigenvalue weighted by molar-refractivity contribution is 5.57. The van der Waals surface area contributed by atoms with Gasteiger partial charge in [-0.2, -0.15) is 0 Å². The first-order valence-electron chi connectivity index (χ1n) is 5.56. The van der Waals surface area contributed by atoms with Gasteiger partial charge in [0, 0.05) is 5.56 Å². The van der Waals surface area contributed by atoms with Crippen LogP contribution >= 0.6 is 0 Å². The summed E-state index contributed by atoms with van der Waals surface area (Å²) in [5, 5.41) is 12.9. The number of aromatic nitrogens is 2. The summed E-state index contributed by atoms with van der Waals surface area (Å²) in [7, 11) is 0. The van der Waals surface area contributed by atoms with E-state index in [0.29, 0.717) is 17.5 Å². The molecule has 17 heavy (non-hydrogen) atoms. The Kier molecular flexibility index (Phi) is 3.90. The van der Waals surface area contributed by atoms with Crippen molar-refractivity contribution in [1.82, 2.24) is 9.97 Å². The SMILES string of the molecule is Cc1nc(NN)c(C)c(NC(C)(C)C(C)O)n1. The third-order valence-electron chi connectivity index (χ3n) is 2.88. The van der Waals surface area contributed by atoms with Gasteiger partial charge in [-0.15, -0.1) is 0 Å². The Hall–Kier alpha value is -1.40. The number of nitrogens with two attached hydrogens (primary N) is 1. The second kappa shape index (κ2) is 4.85. The second-order valence-electron chi connectivity index (χ2n) is 4.76. The number of aliphatic hydroxyl groups excluding tert-OH is 1. The maximum absolute atomic E-state index is 9.68. The molecule has 0 radical (unpaired) electrons. The van der Waals surface area contributed by atoms with Gasteiger partial charge >= 0.3 is 0 Å². The Morgan fingerprint density at radius 2 is 1.76 bits per heavy atom. The van der Waals surface area contributed by atoms with Gasteiger partial charge in [0.15, 0.2) is 0 Å². The Morgan fingerprint density at radius 1 is 1.24 bits per heavy atom.